The van der Waals surface area contributed by atoms with Crippen molar-refractivity contribution in [1.29, 1.82) is 0 Å². The van der Waals surface area contributed by atoms with Crippen molar-refractivity contribution in [2.24, 2.45) is 11.8 Å². The van der Waals surface area contributed by atoms with E-state index in [1.54, 1.807) is 7.11 Å². The molecule has 2 heteroatoms. The predicted octanol–water partition coefficient (Wildman–Crippen LogP) is 3.36. The van der Waals surface area contributed by atoms with Crippen molar-refractivity contribution < 1.29 is 4.74 Å². The van der Waals surface area contributed by atoms with Gasteiger partial charge in [-0.1, -0.05) is 38.1 Å². The highest BCUT2D eigenvalue weighted by molar-refractivity contribution is 5.23. The van der Waals surface area contributed by atoms with Crippen molar-refractivity contribution in [3.63, 3.8) is 0 Å². The van der Waals surface area contributed by atoms with E-state index in [4.69, 9.17) is 4.74 Å². The molecule has 0 aliphatic heterocycles. The summed E-state index contributed by atoms with van der Waals surface area (Å²) in [4.78, 5) is 0. The highest BCUT2D eigenvalue weighted by Crippen LogP contribution is 2.33. The Morgan fingerprint density at radius 2 is 2.00 bits per heavy atom. The van der Waals surface area contributed by atoms with Gasteiger partial charge in [0, 0.05) is 19.7 Å². The van der Waals surface area contributed by atoms with Crippen LogP contribution in [0.3, 0.4) is 0 Å². The van der Waals surface area contributed by atoms with Crippen LogP contribution in [0.25, 0.3) is 0 Å². The smallest absolute Gasteiger partial charge is 0.0713 e. The van der Waals surface area contributed by atoms with Crippen molar-refractivity contribution in [2.75, 3.05) is 7.11 Å². The van der Waals surface area contributed by atoms with Crippen molar-refractivity contribution in [3.05, 3.63) is 35.4 Å². The maximum Gasteiger partial charge on any atom is 0.0713 e. The highest BCUT2D eigenvalue weighted by Gasteiger charge is 2.30. The van der Waals surface area contributed by atoms with Crippen LogP contribution in [-0.2, 0) is 17.9 Å². The lowest BCUT2D eigenvalue weighted by molar-refractivity contribution is 0.167. The number of hydrogen-bond donors (Lipinski definition) is 1. The summed E-state index contributed by atoms with van der Waals surface area (Å²) >= 11 is 0. The van der Waals surface area contributed by atoms with Gasteiger partial charge in [0.05, 0.1) is 6.61 Å². The summed E-state index contributed by atoms with van der Waals surface area (Å²) in [5.41, 5.74) is 2.61. The van der Waals surface area contributed by atoms with E-state index in [-0.39, 0.29) is 0 Å². The number of methoxy groups -OCH3 is 1. The molecule has 1 aromatic carbocycles. The van der Waals surface area contributed by atoms with E-state index in [0.717, 1.165) is 24.4 Å². The molecule has 0 saturated heterocycles. The molecule has 0 unspecified atom stereocenters. The molecule has 2 nitrogen and oxygen atoms in total. The largest absolute Gasteiger partial charge is 0.380 e. The minimum absolute atomic E-state index is 0.701. The number of nitrogens with one attached hydrogen (secondary N) is 1. The topological polar surface area (TPSA) is 21.3 Å². The monoisotopic (exact) mass is 247 g/mol. The van der Waals surface area contributed by atoms with Gasteiger partial charge in [-0.2, -0.15) is 0 Å². The van der Waals surface area contributed by atoms with Crippen LogP contribution >= 0.6 is 0 Å². The molecule has 1 N–H and O–H groups in total. The molecule has 1 saturated carbocycles. The molecule has 0 aromatic heterocycles. The van der Waals surface area contributed by atoms with Crippen LogP contribution in [0.2, 0.25) is 0 Å². The molecule has 1 fully saturated rings. The van der Waals surface area contributed by atoms with Gasteiger partial charge < -0.3 is 10.1 Å². The average Bonchev–Trinajstić information content (AvgIpc) is 2.27. The third kappa shape index (κ3) is 3.56. The summed E-state index contributed by atoms with van der Waals surface area (Å²) in [6.07, 6.45) is 2.69. The van der Waals surface area contributed by atoms with Crippen LogP contribution in [-0.4, -0.2) is 13.2 Å². The van der Waals surface area contributed by atoms with E-state index in [1.165, 1.54) is 24.0 Å². The third-order valence-electron chi connectivity index (χ3n) is 4.01. The van der Waals surface area contributed by atoms with Crippen molar-refractivity contribution in [1.82, 2.24) is 5.32 Å². The zero-order chi connectivity index (χ0) is 13.0. The molecule has 18 heavy (non-hydrogen) atoms. The van der Waals surface area contributed by atoms with Gasteiger partial charge in [-0.05, 0) is 35.8 Å². The Morgan fingerprint density at radius 1 is 1.28 bits per heavy atom. The van der Waals surface area contributed by atoms with Crippen LogP contribution < -0.4 is 5.32 Å². The number of benzene rings is 1. The Morgan fingerprint density at radius 3 is 2.67 bits per heavy atom. The fourth-order valence-corrected chi connectivity index (χ4v) is 2.63. The Bertz CT molecular complexity index is 369. The lowest BCUT2D eigenvalue weighted by Crippen LogP contribution is -2.42. The minimum Gasteiger partial charge on any atom is -0.380 e. The molecule has 2 rings (SSSR count). The zero-order valence-electron chi connectivity index (χ0n) is 11.8. The standard InChI is InChI=1S/C16H25NO/c1-12(2)15-8-16(9-15)17-10-13-5-4-6-14(7-13)11-18-3/h4-7,12,15-17H,8-11H2,1-3H3. The maximum atomic E-state index is 5.16. The van der Waals surface area contributed by atoms with E-state index in [2.05, 4.69) is 43.4 Å². The second-order valence-electron chi connectivity index (χ2n) is 5.81. The number of rotatable bonds is 6. The summed E-state index contributed by atoms with van der Waals surface area (Å²) in [7, 11) is 1.74. The third-order valence-corrected chi connectivity index (χ3v) is 4.01. The SMILES string of the molecule is COCc1cccc(CNC2CC(C(C)C)C2)c1. The van der Waals surface area contributed by atoms with E-state index in [0.29, 0.717) is 6.61 Å². The minimum atomic E-state index is 0.701. The molecule has 1 aliphatic carbocycles. The number of ether oxygens (including phenoxy) is 1. The van der Waals surface area contributed by atoms with Gasteiger partial charge in [-0.15, -0.1) is 0 Å². The summed E-state index contributed by atoms with van der Waals surface area (Å²) in [5, 5.41) is 3.65. The lowest BCUT2D eigenvalue weighted by Gasteiger charge is -2.38. The van der Waals surface area contributed by atoms with Gasteiger partial charge in [-0.3, -0.25) is 0 Å². The average molecular weight is 247 g/mol. The molecule has 0 spiro atoms. The fraction of sp³-hybridized carbons (Fsp3) is 0.625. The van der Waals surface area contributed by atoms with Crippen LogP contribution in [0.1, 0.15) is 37.8 Å². The van der Waals surface area contributed by atoms with Crippen LogP contribution in [0, 0.1) is 11.8 Å². The maximum absolute atomic E-state index is 5.16. The van der Waals surface area contributed by atoms with Crippen LogP contribution in [0.5, 0.6) is 0 Å². The number of hydrogen-bond acceptors (Lipinski definition) is 2. The van der Waals surface area contributed by atoms with Gasteiger partial charge in [0.15, 0.2) is 0 Å². The summed E-state index contributed by atoms with van der Waals surface area (Å²) < 4.78 is 5.16. The quantitative estimate of drug-likeness (QED) is 0.832. The molecule has 1 aromatic rings. The summed E-state index contributed by atoms with van der Waals surface area (Å²) in [6.45, 7) is 6.34. The van der Waals surface area contributed by atoms with Crippen molar-refractivity contribution in [3.8, 4) is 0 Å². The molecular formula is C16H25NO. The zero-order valence-corrected chi connectivity index (χ0v) is 11.8. The Labute approximate surface area is 111 Å². The van der Waals surface area contributed by atoms with Gasteiger partial charge >= 0.3 is 0 Å². The van der Waals surface area contributed by atoms with Crippen molar-refractivity contribution in [2.45, 2.75) is 45.9 Å². The molecule has 0 bridgehead atoms. The molecule has 100 valence electrons. The molecular weight excluding hydrogens is 222 g/mol. The first-order chi connectivity index (χ1) is 8.69. The lowest BCUT2D eigenvalue weighted by atomic mass is 9.73. The van der Waals surface area contributed by atoms with Gasteiger partial charge in [0.1, 0.15) is 0 Å². The highest BCUT2D eigenvalue weighted by atomic mass is 16.5. The first kappa shape index (κ1) is 13.6. The van der Waals surface area contributed by atoms with Crippen LogP contribution in [0.4, 0.5) is 0 Å². The molecule has 0 heterocycles. The van der Waals surface area contributed by atoms with E-state index >= 15 is 0 Å². The van der Waals surface area contributed by atoms with E-state index in [9.17, 15) is 0 Å². The first-order valence-electron chi connectivity index (χ1n) is 6.99. The fourth-order valence-electron chi connectivity index (χ4n) is 2.63. The summed E-state index contributed by atoms with van der Waals surface area (Å²) in [6, 6.07) is 9.37. The van der Waals surface area contributed by atoms with E-state index in [1.807, 2.05) is 0 Å². The second-order valence-corrected chi connectivity index (χ2v) is 5.81. The van der Waals surface area contributed by atoms with Crippen molar-refractivity contribution >= 4 is 0 Å². The van der Waals surface area contributed by atoms with Gasteiger partial charge in [-0.25, -0.2) is 0 Å². The second kappa shape index (κ2) is 6.35. The molecule has 0 radical (unpaired) electrons. The van der Waals surface area contributed by atoms with Gasteiger partial charge in [0.2, 0.25) is 0 Å². The van der Waals surface area contributed by atoms with Crippen LogP contribution in [0.15, 0.2) is 24.3 Å². The predicted molar refractivity (Wildman–Crippen MR) is 75.3 cm³/mol. The molecule has 0 amide bonds. The van der Waals surface area contributed by atoms with Gasteiger partial charge in [0.25, 0.3) is 0 Å². The summed E-state index contributed by atoms with van der Waals surface area (Å²) in [5.74, 6) is 1.77. The van der Waals surface area contributed by atoms with E-state index < -0.39 is 0 Å². The normalized spacial score (nSPS) is 23.1. The first-order valence-corrected chi connectivity index (χ1v) is 6.99. The Kier molecular flexibility index (Phi) is 4.79. The molecule has 1 aliphatic rings. The Balaban J connectivity index is 1.75. The molecule has 0 atom stereocenters. The Hall–Kier alpha value is -0.860.